The van der Waals surface area contributed by atoms with Crippen molar-refractivity contribution in [2.24, 2.45) is 34.5 Å². The van der Waals surface area contributed by atoms with Crippen molar-refractivity contribution in [1.29, 1.82) is 5.26 Å². The van der Waals surface area contributed by atoms with Gasteiger partial charge in [0.25, 0.3) is 0 Å². The third-order valence-electron chi connectivity index (χ3n) is 10.6. The van der Waals surface area contributed by atoms with Crippen molar-refractivity contribution < 1.29 is 4.43 Å². The van der Waals surface area contributed by atoms with E-state index >= 15 is 0 Å². The van der Waals surface area contributed by atoms with E-state index in [0.29, 0.717) is 16.6 Å². The summed E-state index contributed by atoms with van der Waals surface area (Å²) in [7, 11) is -1.68. The van der Waals surface area contributed by atoms with Crippen LogP contribution in [-0.2, 0) is 4.43 Å². The number of fused-ring (bicyclic) bond motifs is 5. The molecule has 3 fully saturated rings. The summed E-state index contributed by atoms with van der Waals surface area (Å²) < 4.78 is 6.88. The molecule has 0 aromatic rings. The lowest BCUT2D eigenvalue weighted by atomic mass is 9.45. The molecule has 0 heterocycles. The number of hydrogen-bond acceptors (Lipinski definition) is 2. The monoisotopic (exact) mass is 413 g/mol. The molecule has 4 rings (SSSR count). The third kappa shape index (κ3) is 3.28. The van der Waals surface area contributed by atoms with Gasteiger partial charge in [-0.05, 0) is 98.6 Å². The van der Waals surface area contributed by atoms with Crippen molar-refractivity contribution >= 4 is 8.32 Å². The molecular weight excluding hydrogens is 370 g/mol. The zero-order valence-electron chi connectivity index (χ0n) is 20.0. The van der Waals surface area contributed by atoms with Crippen molar-refractivity contribution in [2.45, 2.75) is 110 Å². The van der Waals surface area contributed by atoms with Crippen LogP contribution in [0.25, 0.3) is 0 Å². The molecule has 0 bridgehead atoms. The van der Waals surface area contributed by atoms with Crippen molar-refractivity contribution in [1.82, 2.24) is 0 Å². The van der Waals surface area contributed by atoms with E-state index in [9.17, 15) is 5.26 Å². The molecular formula is C26H43NOSi. The first-order chi connectivity index (χ1) is 13.4. The number of nitriles is 1. The Morgan fingerprint density at radius 1 is 1.07 bits per heavy atom. The first kappa shape index (κ1) is 21.6. The molecule has 162 valence electrons. The second-order valence-electron chi connectivity index (χ2n) is 12.9. The van der Waals surface area contributed by atoms with Crippen LogP contribution in [0, 0.1) is 45.8 Å². The van der Waals surface area contributed by atoms with Crippen LogP contribution in [-0.4, -0.2) is 14.4 Å². The molecule has 0 N–H and O–H groups in total. The smallest absolute Gasteiger partial charge is 0.192 e. The van der Waals surface area contributed by atoms with Gasteiger partial charge in [-0.15, -0.1) is 0 Å². The molecule has 0 saturated heterocycles. The van der Waals surface area contributed by atoms with E-state index in [0.717, 1.165) is 35.7 Å². The summed E-state index contributed by atoms with van der Waals surface area (Å²) in [5.74, 6) is 3.24. The maximum Gasteiger partial charge on any atom is 0.192 e. The van der Waals surface area contributed by atoms with Crippen LogP contribution in [0.5, 0.6) is 0 Å². The lowest BCUT2D eigenvalue weighted by molar-refractivity contribution is -0.115. The Hall–Kier alpha value is -0.593. The van der Waals surface area contributed by atoms with Gasteiger partial charge in [0.15, 0.2) is 8.32 Å². The topological polar surface area (TPSA) is 33.0 Å². The van der Waals surface area contributed by atoms with Crippen LogP contribution in [0.1, 0.15) is 86.0 Å². The van der Waals surface area contributed by atoms with Crippen LogP contribution < -0.4 is 0 Å². The minimum absolute atomic E-state index is 0.168. The van der Waals surface area contributed by atoms with Crippen LogP contribution in [0.4, 0.5) is 0 Å². The summed E-state index contributed by atoms with van der Waals surface area (Å²) in [5.41, 5.74) is 1.76. The second-order valence-corrected chi connectivity index (χ2v) is 17.6. The van der Waals surface area contributed by atoms with Gasteiger partial charge >= 0.3 is 0 Å². The molecule has 3 saturated carbocycles. The Balaban J connectivity index is 1.49. The fraction of sp³-hybridized carbons (Fsp3) is 0.885. The summed E-state index contributed by atoms with van der Waals surface area (Å²) in [6.07, 6.45) is 13.1. The van der Waals surface area contributed by atoms with E-state index in [2.05, 4.69) is 59.9 Å². The van der Waals surface area contributed by atoms with Gasteiger partial charge in [0.2, 0.25) is 0 Å². The highest BCUT2D eigenvalue weighted by molar-refractivity contribution is 6.74. The predicted octanol–water partition coefficient (Wildman–Crippen LogP) is 7.48. The van der Waals surface area contributed by atoms with E-state index in [1.807, 2.05) is 0 Å². The Morgan fingerprint density at radius 3 is 2.45 bits per heavy atom. The number of hydrogen-bond donors (Lipinski definition) is 0. The van der Waals surface area contributed by atoms with E-state index in [1.165, 1.54) is 44.9 Å². The summed E-state index contributed by atoms with van der Waals surface area (Å²) in [6, 6.07) is 2.55. The van der Waals surface area contributed by atoms with Crippen LogP contribution >= 0.6 is 0 Å². The predicted molar refractivity (Wildman–Crippen MR) is 123 cm³/mol. The fourth-order valence-corrected chi connectivity index (χ4v) is 9.06. The highest BCUT2D eigenvalue weighted by Gasteiger charge is 2.59. The molecule has 3 heteroatoms. The van der Waals surface area contributed by atoms with Crippen molar-refractivity contribution in [3.05, 3.63) is 11.6 Å². The molecule has 4 aliphatic rings. The zero-order valence-corrected chi connectivity index (χ0v) is 21.0. The highest BCUT2D eigenvalue weighted by Crippen LogP contribution is 2.66. The largest absolute Gasteiger partial charge is 0.414 e. The van der Waals surface area contributed by atoms with Gasteiger partial charge < -0.3 is 4.43 Å². The maximum atomic E-state index is 9.65. The lowest BCUT2D eigenvalue weighted by Crippen LogP contribution is -2.55. The highest BCUT2D eigenvalue weighted by atomic mass is 28.4. The van der Waals surface area contributed by atoms with E-state index in [1.54, 1.807) is 0 Å². The molecule has 29 heavy (non-hydrogen) atoms. The summed E-state index contributed by atoms with van der Waals surface area (Å²) in [5, 5.41) is 9.95. The van der Waals surface area contributed by atoms with Crippen LogP contribution in [0.3, 0.4) is 0 Å². The summed E-state index contributed by atoms with van der Waals surface area (Å²) in [6.45, 7) is 16.9. The Morgan fingerprint density at radius 2 is 1.79 bits per heavy atom. The normalized spacial score (nSPS) is 44.9. The minimum atomic E-state index is -1.68. The minimum Gasteiger partial charge on any atom is -0.414 e. The van der Waals surface area contributed by atoms with Gasteiger partial charge in [-0.3, -0.25) is 0 Å². The Kier molecular flexibility index (Phi) is 5.19. The maximum absolute atomic E-state index is 9.65. The van der Waals surface area contributed by atoms with Gasteiger partial charge in [0, 0.05) is 17.1 Å². The number of nitrogens with zero attached hydrogens (tertiary/aromatic N) is 1. The molecule has 4 aliphatic carbocycles. The molecule has 0 aromatic heterocycles. The average molecular weight is 414 g/mol. The van der Waals surface area contributed by atoms with E-state index < -0.39 is 8.32 Å². The average Bonchev–Trinajstić information content (AvgIpc) is 2.97. The molecule has 0 unspecified atom stereocenters. The number of rotatable bonds is 2. The lowest BCUT2D eigenvalue weighted by Gasteiger charge is -2.61. The standard InChI is InChI=1S/C26H43NOSi/c1-24(2,3)29(6,7)28-20-12-14-25(4)18(16-20)8-10-21-22-11-9-19(17-27)26(22,5)15-13-23(21)25/h9,18,20-23H,8,10-16H2,1-7H3/t18-,20+,21-,22-,23-,25-,26+/m0/s1. The summed E-state index contributed by atoms with van der Waals surface area (Å²) >= 11 is 0. The fourth-order valence-electron chi connectivity index (χ4n) is 7.66. The van der Waals surface area contributed by atoms with Gasteiger partial charge in [-0.25, -0.2) is 0 Å². The van der Waals surface area contributed by atoms with E-state index in [4.69, 9.17) is 4.43 Å². The molecule has 0 spiro atoms. The van der Waals surface area contributed by atoms with Gasteiger partial charge in [0.05, 0.1) is 6.07 Å². The SMILES string of the molecule is CC(C)(C)[Si](C)(C)O[C@@H]1CC[C@@]2(C)[C@@H](CC[C@@H]3[C@@H]2CC[C@]2(C)C(C#N)=CC[C@@H]32)C1. The van der Waals surface area contributed by atoms with Gasteiger partial charge in [0.1, 0.15) is 0 Å². The van der Waals surface area contributed by atoms with Crippen LogP contribution in [0.2, 0.25) is 18.1 Å². The Bertz CT molecular complexity index is 728. The van der Waals surface area contributed by atoms with Gasteiger partial charge in [-0.1, -0.05) is 40.7 Å². The first-order valence-corrected chi connectivity index (χ1v) is 15.1. The Labute approximate surface area is 180 Å². The van der Waals surface area contributed by atoms with Crippen LogP contribution in [0.15, 0.2) is 11.6 Å². The molecule has 0 amide bonds. The molecule has 0 aromatic carbocycles. The van der Waals surface area contributed by atoms with Crippen molar-refractivity contribution in [2.75, 3.05) is 0 Å². The second kappa shape index (κ2) is 6.96. The number of allylic oxidation sites excluding steroid dienone is 2. The molecule has 0 radical (unpaired) electrons. The van der Waals surface area contributed by atoms with E-state index in [-0.39, 0.29) is 5.41 Å². The third-order valence-corrected chi connectivity index (χ3v) is 15.1. The molecule has 7 atom stereocenters. The van der Waals surface area contributed by atoms with Gasteiger partial charge in [-0.2, -0.15) is 5.26 Å². The summed E-state index contributed by atoms with van der Waals surface area (Å²) in [4.78, 5) is 0. The molecule has 0 aliphatic heterocycles. The first-order valence-electron chi connectivity index (χ1n) is 12.2. The van der Waals surface area contributed by atoms with Crippen molar-refractivity contribution in [3.8, 4) is 6.07 Å². The zero-order chi connectivity index (χ0) is 21.2. The quantitative estimate of drug-likeness (QED) is 0.440. The molecule has 2 nitrogen and oxygen atoms in total. The van der Waals surface area contributed by atoms with Crippen molar-refractivity contribution in [3.63, 3.8) is 0 Å².